The van der Waals surface area contributed by atoms with Crippen LogP contribution in [0.5, 0.6) is 0 Å². The molecule has 142 valence electrons. The number of hydrogen-bond donors (Lipinski definition) is 0. The molecular formula is C21H42O2Sn. The molecule has 0 atom stereocenters. The monoisotopic (exact) mass is 446 g/mol. The Bertz CT molecular complexity index is 317. The Labute approximate surface area is 155 Å². The Morgan fingerprint density at radius 3 is 1.71 bits per heavy atom. The summed E-state index contributed by atoms with van der Waals surface area (Å²) in [5.74, 6) is -0.0806. The third kappa shape index (κ3) is 11.5. The van der Waals surface area contributed by atoms with Crippen LogP contribution in [0, 0.1) is 0 Å². The number of rotatable bonds is 16. The van der Waals surface area contributed by atoms with Crippen molar-refractivity contribution in [3.05, 3.63) is 12.2 Å². The predicted molar refractivity (Wildman–Crippen MR) is 109 cm³/mol. The van der Waals surface area contributed by atoms with Gasteiger partial charge in [-0.3, -0.25) is 0 Å². The zero-order valence-electron chi connectivity index (χ0n) is 16.9. The molecule has 0 aromatic carbocycles. The van der Waals surface area contributed by atoms with Crippen molar-refractivity contribution in [3.8, 4) is 0 Å². The summed E-state index contributed by atoms with van der Waals surface area (Å²) < 4.78 is 10.8. The van der Waals surface area contributed by atoms with Crippen molar-refractivity contribution < 1.29 is 9.53 Å². The second-order valence-electron chi connectivity index (χ2n) is 7.52. The molecule has 0 unspecified atom stereocenters. The summed E-state index contributed by atoms with van der Waals surface area (Å²) in [4.78, 5) is 11.2. The summed E-state index contributed by atoms with van der Waals surface area (Å²) in [6.07, 6.45) is 12.0. The molecule has 0 aliphatic heterocycles. The van der Waals surface area contributed by atoms with Crippen molar-refractivity contribution in [2.24, 2.45) is 0 Å². The molecule has 0 rings (SSSR count). The minimum atomic E-state index is -2.06. The maximum atomic E-state index is 11.2. The Morgan fingerprint density at radius 1 is 0.833 bits per heavy atom. The van der Waals surface area contributed by atoms with Gasteiger partial charge in [0.2, 0.25) is 0 Å². The van der Waals surface area contributed by atoms with E-state index in [4.69, 9.17) is 4.74 Å². The van der Waals surface area contributed by atoms with E-state index in [0.29, 0.717) is 6.42 Å². The fourth-order valence-corrected chi connectivity index (χ4v) is 20.3. The van der Waals surface area contributed by atoms with E-state index in [2.05, 4.69) is 27.4 Å². The van der Waals surface area contributed by atoms with Crippen LogP contribution >= 0.6 is 0 Å². The van der Waals surface area contributed by atoms with E-state index in [-0.39, 0.29) is 5.97 Å². The molecule has 0 heterocycles. The predicted octanol–water partition coefficient (Wildman–Crippen LogP) is 7.13. The van der Waals surface area contributed by atoms with Gasteiger partial charge in [0.05, 0.1) is 0 Å². The molecule has 2 nitrogen and oxygen atoms in total. The molecule has 0 aromatic heterocycles. The van der Waals surface area contributed by atoms with Gasteiger partial charge in [-0.1, -0.05) is 0 Å². The first kappa shape index (κ1) is 24.0. The van der Waals surface area contributed by atoms with Crippen LogP contribution in [0.1, 0.15) is 85.0 Å². The van der Waals surface area contributed by atoms with Crippen LogP contribution in [0.15, 0.2) is 12.2 Å². The Balaban J connectivity index is 4.56. The summed E-state index contributed by atoms with van der Waals surface area (Å²) in [6, 6.07) is 0. The van der Waals surface area contributed by atoms with E-state index in [1.54, 1.807) is 13.3 Å². The van der Waals surface area contributed by atoms with Crippen molar-refractivity contribution in [1.29, 1.82) is 0 Å². The average Bonchev–Trinajstić information content (AvgIpc) is 2.59. The van der Waals surface area contributed by atoms with Crippen molar-refractivity contribution in [3.63, 3.8) is 0 Å². The van der Waals surface area contributed by atoms with E-state index in [1.807, 2.05) is 0 Å². The van der Waals surface area contributed by atoms with Gasteiger partial charge < -0.3 is 0 Å². The van der Waals surface area contributed by atoms with Gasteiger partial charge in [-0.05, 0) is 0 Å². The zero-order valence-corrected chi connectivity index (χ0v) is 19.8. The van der Waals surface area contributed by atoms with E-state index in [9.17, 15) is 4.79 Å². The second-order valence-corrected chi connectivity index (χ2v) is 21.4. The van der Waals surface area contributed by atoms with E-state index in [0.717, 1.165) is 19.3 Å². The van der Waals surface area contributed by atoms with Gasteiger partial charge in [-0.15, -0.1) is 0 Å². The first-order valence-electron chi connectivity index (χ1n) is 10.3. The van der Waals surface area contributed by atoms with Crippen LogP contribution in [-0.2, 0) is 9.53 Å². The molecule has 0 radical (unpaired) electrons. The number of ether oxygens (including phenoxy) is 1. The van der Waals surface area contributed by atoms with E-state index >= 15 is 0 Å². The molecule has 0 aromatic rings. The first-order chi connectivity index (χ1) is 11.5. The SMILES string of the molecule is C=C(CCCCC(=O)OC)[CH2][Sn]([CH2]CCC)([CH2]CCC)[CH2]CCC. The second kappa shape index (κ2) is 15.3. The van der Waals surface area contributed by atoms with Crippen LogP contribution in [0.4, 0.5) is 0 Å². The van der Waals surface area contributed by atoms with E-state index in [1.165, 1.54) is 55.6 Å². The summed E-state index contributed by atoms with van der Waals surface area (Å²) >= 11 is -2.06. The number of allylic oxidation sites excluding steroid dienone is 1. The van der Waals surface area contributed by atoms with E-state index < -0.39 is 18.4 Å². The van der Waals surface area contributed by atoms with Gasteiger partial charge in [0, 0.05) is 0 Å². The Morgan fingerprint density at radius 2 is 1.29 bits per heavy atom. The quantitative estimate of drug-likeness (QED) is 0.109. The molecule has 24 heavy (non-hydrogen) atoms. The summed E-state index contributed by atoms with van der Waals surface area (Å²) in [7, 11) is 1.47. The van der Waals surface area contributed by atoms with Crippen LogP contribution in [0.3, 0.4) is 0 Å². The van der Waals surface area contributed by atoms with Gasteiger partial charge in [-0.2, -0.15) is 0 Å². The summed E-state index contributed by atoms with van der Waals surface area (Å²) in [5.41, 5.74) is 1.49. The third-order valence-corrected chi connectivity index (χ3v) is 20.9. The topological polar surface area (TPSA) is 26.3 Å². The number of hydrogen-bond acceptors (Lipinski definition) is 2. The molecule has 0 fully saturated rings. The standard InChI is InChI=1S/C9H15O2.3C4H9.Sn/c1-8(2)6-4-5-7-9(10)11-3;3*1-3-4-2;/h1-2,4-7H2,3H3;3*1,3-4H2,2H3;. The molecule has 3 heteroatoms. The number of carbonyl (C=O) groups excluding carboxylic acids is 1. The average molecular weight is 445 g/mol. The maximum absolute atomic E-state index is 11.2. The zero-order chi connectivity index (χ0) is 18.3. The number of carbonyl (C=O) groups is 1. The summed E-state index contributed by atoms with van der Waals surface area (Å²) in [6.45, 7) is 11.4. The number of esters is 1. The fourth-order valence-electron chi connectivity index (χ4n) is 3.66. The molecule has 0 amide bonds. The molecular weight excluding hydrogens is 403 g/mol. The van der Waals surface area contributed by atoms with Crippen LogP contribution in [-0.4, -0.2) is 31.5 Å². The van der Waals surface area contributed by atoms with Crippen LogP contribution in [0.2, 0.25) is 17.7 Å². The van der Waals surface area contributed by atoms with Crippen molar-refractivity contribution in [1.82, 2.24) is 0 Å². The van der Waals surface area contributed by atoms with Gasteiger partial charge >= 0.3 is 156 Å². The van der Waals surface area contributed by atoms with Crippen molar-refractivity contribution in [2.45, 2.75) is 103 Å². The van der Waals surface area contributed by atoms with Gasteiger partial charge in [0.15, 0.2) is 0 Å². The van der Waals surface area contributed by atoms with Crippen LogP contribution in [0.25, 0.3) is 0 Å². The molecule has 0 spiro atoms. The molecule has 0 N–H and O–H groups in total. The number of methoxy groups -OCH3 is 1. The minimum absolute atomic E-state index is 0.0806. The van der Waals surface area contributed by atoms with Crippen molar-refractivity contribution in [2.75, 3.05) is 7.11 Å². The summed E-state index contributed by atoms with van der Waals surface area (Å²) in [5, 5.41) is 0. The van der Waals surface area contributed by atoms with Gasteiger partial charge in [0.25, 0.3) is 0 Å². The number of unbranched alkanes of at least 4 members (excludes halogenated alkanes) is 4. The Kier molecular flexibility index (Phi) is 15.3. The van der Waals surface area contributed by atoms with Crippen molar-refractivity contribution >= 4 is 24.3 Å². The molecule has 0 saturated carbocycles. The first-order valence-corrected chi connectivity index (χ1v) is 18.3. The molecule has 0 aliphatic rings. The fraction of sp³-hybridized carbons (Fsp3) is 0.857. The molecule has 0 bridgehead atoms. The molecule has 0 aliphatic carbocycles. The van der Waals surface area contributed by atoms with Gasteiger partial charge in [0.1, 0.15) is 0 Å². The molecule has 0 saturated heterocycles. The van der Waals surface area contributed by atoms with Crippen LogP contribution < -0.4 is 0 Å². The Hall–Kier alpha value is 0.00870. The third-order valence-electron chi connectivity index (χ3n) is 5.20. The van der Waals surface area contributed by atoms with Gasteiger partial charge in [-0.25, -0.2) is 0 Å². The normalized spacial score (nSPS) is 11.5.